The van der Waals surface area contributed by atoms with Crippen LogP contribution in [0.3, 0.4) is 0 Å². The number of thiophene rings is 1. The van der Waals surface area contributed by atoms with Crippen molar-refractivity contribution in [2.75, 3.05) is 0 Å². The molecule has 25 heavy (non-hydrogen) atoms. The molecule has 4 nitrogen and oxygen atoms in total. The average molecular weight is 356 g/mol. The molecule has 2 aromatic rings. The Kier molecular flexibility index (Phi) is 4.75. The second-order valence-electron chi connectivity index (χ2n) is 7.10. The van der Waals surface area contributed by atoms with Crippen LogP contribution < -0.4 is 0 Å². The van der Waals surface area contributed by atoms with Crippen LogP contribution in [0.1, 0.15) is 53.9 Å². The molecule has 1 saturated carbocycles. The number of hydrogen-bond acceptors (Lipinski definition) is 3. The fourth-order valence-corrected chi connectivity index (χ4v) is 4.84. The molecule has 2 aromatic heterocycles. The highest BCUT2D eigenvalue weighted by Gasteiger charge is 2.29. The second-order valence-corrected chi connectivity index (χ2v) is 8.08. The summed E-state index contributed by atoms with van der Waals surface area (Å²) >= 11 is 1.66. The van der Waals surface area contributed by atoms with E-state index in [1.807, 2.05) is 35.3 Å². The maximum Gasteiger partial charge on any atom is 0.247 e. The minimum absolute atomic E-state index is 0.123. The highest BCUT2D eigenvalue weighted by atomic mass is 32.1. The Morgan fingerprint density at radius 3 is 2.96 bits per heavy atom. The highest BCUT2D eigenvalue weighted by Crippen LogP contribution is 2.29. The van der Waals surface area contributed by atoms with Gasteiger partial charge in [-0.1, -0.05) is 18.9 Å². The maximum atomic E-state index is 12.9. The first-order valence-electron chi connectivity index (χ1n) is 9.28. The number of carbonyl (C=O) groups is 1. The number of rotatable bonds is 5. The number of aryl methyl sites for hydroxylation is 1. The van der Waals surface area contributed by atoms with Gasteiger partial charge in [-0.15, -0.1) is 11.3 Å². The van der Waals surface area contributed by atoms with E-state index in [1.54, 1.807) is 17.4 Å². The Balaban J connectivity index is 1.56. The number of nitrogens with zero attached hydrogens (tertiary/aromatic N) is 3. The molecule has 4 rings (SSSR count). The van der Waals surface area contributed by atoms with Crippen molar-refractivity contribution in [2.24, 2.45) is 7.05 Å². The Morgan fingerprint density at radius 2 is 2.20 bits per heavy atom. The first-order valence-corrected chi connectivity index (χ1v) is 10.2. The molecule has 132 valence electrons. The van der Waals surface area contributed by atoms with E-state index in [0.29, 0.717) is 12.6 Å². The van der Waals surface area contributed by atoms with Crippen molar-refractivity contribution >= 4 is 23.3 Å². The normalized spacial score (nSPS) is 17.5. The molecule has 2 heterocycles. The number of carbonyl (C=O) groups excluding carboxylic acids is 1. The summed E-state index contributed by atoms with van der Waals surface area (Å²) in [5, 5.41) is 6.77. The molecule has 0 saturated heterocycles. The summed E-state index contributed by atoms with van der Waals surface area (Å²) in [6.07, 6.45) is 11.8. The molecular weight excluding hydrogens is 330 g/mol. The van der Waals surface area contributed by atoms with Crippen molar-refractivity contribution in [3.05, 3.63) is 45.4 Å². The molecule has 2 aliphatic rings. The van der Waals surface area contributed by atoms with Gasteiger partial charge in [0, 0.05) is 29.7 Å². The van der Waals surface area contributed by atoms with E-state index in [-0.39, 0.29) is 5.91 Å². The lowest BCUT2D eigenvalue weighted by molar-refractivity contribution is -0.128. The van der Waals surface area contributed by atoms with Gasteiger partial charge in [0.1, 0.15) is 0 Å². The first-order chi connectivity index (χ1) is 12.2. The summed E-state index contributed by atoms with van der Waals surface area (Å²) in [5.74, 6) is 0.123. The zero-order chi connectivity index (χ0) is 17.2. The van der Waals surface area contributed by atoms with Crippen LogP contribution in [0.5, 0.6) is 0 Å². The van der Waals surface area contributed by atoms with Crippen LogP contribution >= 0.6 is 11.3 Å². The van der Waals surface area contributed by atoms with Gasteiger partial charge >= 0.3 is 0 Å². The summed E-state index contributed by atoms with van der Waals surface area (Å²) in [4.78, 5) is 16.1. The van der Waals surface area contributed by atoms with Crippen molar-refractivity contribution in [1.82, 2.24) is 14.7 Å². The summed E-state index contributed by atoms with van der Waals surface area (Å²) in [5.41, 5.74) is 3.86. The molecule has 1 amide bonds. The van der Waals surface area contributed by atoms with E-state index in [4.69, 9.17) is 5.10 Å². The Hall–Kier alpha value is -1.88. The van der Waals surface area contributed by atoms with Crippen LogP contribution in [0.4, 0.5) is 0 Å². The molecule has 0 aliphatic heterocycles. The predicted octanol–water partition coefficient (Wildman–Crippen LogP) is 3.95. The molecule has 0 bridgehead atoms. The van der Waals surface area contributed by atoms with Gasteiger partial charge in [0.05, 0.1) is 12.2 Å². The predicted molar refractivity (Wildman–Crippen MR) is 101 cm³/mol. The smallest absolute Gasteiger partial charge is 0.247 e. The summed E-state index contributed by atoms with van der Waals surface area (Å²) in [7, 11) is 2.03. The quantitative estimate of drug-likeness (QED) is 0.762. The molecule has 0 N–H and O–H groups in total. The van der Waals surface area contributed by atoms with Crippen LogP contribution in [-0.2, 0) is 31.2 Å². The third-order valence-corrected chi connectivity index (χ3v) is 6.34. The zero-order valence-electron chi connectivity index (χ0n) is 14.8. The van der Waals surface area contributed by atoms with Gasteiger partial charge in [-0.3, -0.25) is 9.48 Å². The number of aromatic nitrogens is 2. The largest absolute Gasteiger partial charge is 0.330 e. The van der Waals surface area contributed by atoms with Gasteiger partial charge in [0.15, 0.2) is 0 Å². The van der Waals surface area contributed by atoms with E-state index in [9.17, 15) is 4.79 Å². The number of fused-ring (bicyclic) bond motifs is 1. The third-order valence-electron chi connectivity index (χ3n) is 5.50. The summed E-state index contributed by atoms with van der Waals surface area (Å²) < 4.78 is 2.02. The van der Waals surface area contributed by atoms with Crippen molar-refractivity contribution < 1.29 is 4.79 Å². The third kappa shape index (κ3) is 3.43. The molecule has 1 fully saturated rings. The van der Waals surface area contributed by atoms with Crippen LogP contribution in [-0.4, -0.2) is 26.6 Å². The molecule has 0 unspecified atom stereocenters. The second kappa shape index (κ2) is 7.16. The topological polar surface area (TPSA) is 38.1 Å². The SMILES string of the molecule is Cn1nc(CN(C(=O)C=Cc2cccs2)C2CCCC2)c2c1CCC2. The van der Waals surface area contributed by atoms with E-state index >= 15 is 0 Å². The van der Waals surface area contributed by atoms with Gasteiger partial charge in [0.25, 0.3) is 0 Å². The molecule has 0 radical (unpaired) electrons. The van der Waals surface area contributed by atoms with Crippen molar-refractivity contribution in [3.8, 4) is 0 Å². The Morgan fingerprint density at radius 1 is 1.36 bits per heavy atom. The fourth-order valence-electron chi connectivity index (χ4n) is 4.22. The van der Waals surface area contributed by atoms with Crippen LogP contribution in [0, 0.1) is 0 Å². The van der Waals surface area contributed by atoms with Crippen LogP contribution in [0.25, 0.3) is 6.08 Å². The fraction of sp³-hybridized carbons (Fsp3) is 0.500. The number of hydrogen-bond donors (Lipinski definition) is 0. The van der Waals surface area contributed by atoms with Gasteiger partial charge in [0.2, 0.25) is 5.91 Å². The minimum Gasteiger partial charge on any atom is -0.330 e. The molecule has 0 atom stereocenters. The average Bonchev–Trinajstić information content (AvgIpc) is 3.37. The Bertz CT molecular complexity index is 769. The van der Waals surface area contributed by atoms with E-state index in [0.717, 1.165) is 36.3 Å². The van der Waals surface area contributed by atoms with E-state index < -0.39 is 0 Å². The van der Waals surface area contributed by atoms with Gasteiger partial charge in [-0.25, -0.2) is 0 Å². The van der Waals surface area contributed by atoms with Crippen molar-refractivity contribution in [3.63, 3.8) is 0 Å². The number of amides is 1. The lowest BCUT2D eigenvalue weighted by Gasteiger charge is -2.27. The molecule has 2 aliphatic carbocycles. The molecule has 0 spiro atoms. The zero-order valence-corrected chi connectivity index (χ0v) is 15.6. The van der Waals surface area contributed by atoms with Crippen molar-refractivity contribution in [1.29, 1.82) is 0 Å². The van der Waals surface area contributed by atoms with Crippen LogP contribution in [0.15, 0.2) is 23.6 Å². The van der Waals surface area contributed by atoms with Gasteiger partial charge in [-0.05, 0) is 55.2 Å². The van der Waals surface area contributed by atoms with E-state index in [2.05, 4.69) is 4.90 Å². The minimum atomic E-state index is 0.123. The van der Waals surface area contributed by atoms with Gasteiger partial charge < -0.3 is 4.90 Å². The summed E-state index contributed by atoms with van der Waals surface area (Å²) in [6, 6.07) is 4.42. The summed E-state index contributed by atoms with van der Waals surface area (Å²) in [6.45, 7) is 0.654. The first kappa shape index (κ1) is 16.6. The lowest BCUT2D eigenvalue weighted by Crippen LogP contribution is -2.37. The van der Waals surface area contributed by atoms with Gasteiger partial charge in [-0.2, -0.15) is 5.10 Å². The molecule has 5 heteroatoms. The standard InChI is InChI=1S/C20H25N3OS/c1-22-19-10-4-9-17(19)18(21-22)14-23(15-6-2-3-7-15)20(24)12-11-16-8-5-13-25-16/h5,8,11-13,15H,2-4,6-7,9-10,14H2,1H3. The highest BCUT2D eigenvalue weighted by molar-refractivity contribution is 7.10. The Labute approximate surface area is 153 Å². The monoisotopic (exact) mass is 355 g/mol. The molecule has 0 aromatic carbocycles. The maximum absolute atomic E-state index is 12.9. The lowest BCUT2D eigenvalue weighted by atomic mass is 10.1. The van der Waals surface area contributed by atoms with Crippen molar-refractivity contribution in [2.45, 2.75) is 57.5 Å². The molecular formula is C20H25N3OS. The van der Waals surface area contributed by atoms with E-state index in [1.165, 1.54) is 30.5 Å². The van der Waals surface area contributed by atoms with Crippen LogP contribution in [0.2, 0.25) is 0 Å².